The molecule has 3 heterocycles. The van der Waals surface area contributed by atoms with Gasteiger partial charge in [0, 0.05) is 25.3 Å². The molecule has 0 bridgehead atoms. The van der Waals surface area contributed by atoms with Crippen LogP contribution < -0.4 is 0 Å². The summed E-state index contributed by atoms with van der Waals surface area (Å²) in [5.74, 6) is 1.34. The number of alkyl halides is 1. The first-order valence-electron chi connectivity index (χ1n) is 6.88. The van der Waals surface area contributed by atoms with Gasteiger partial charge in [-0.3, -0.25) is 0 Å². The highest BCUT2D eigenvalue weighted by Crippen LogP contribution is 2.27. The number of aromatic nitrogens is 3. The number of hydrogen-bond acceptors (Lipinski definition) is 3. The van der Waals surface area contributed by atoms with Gasteiger partial charge in [-0.1, -0.05) is 11.6 Å². The number of nitrogens with zero attached hydrogens (tertiary/aromatic N) is 3. The molecule has 0 aromatic carbocycles. The van der Waals surface area contributed by atoms with E-state index < -0.39 is 0 Å². The molecule has 0 N–H and O–H groups in total. The van der Waals surface area contributed by atoms with Gasteiger partial charge in [0.25, 0.3) is 0 Å². The molecule has 1 aliphatic heterocycles. The average Bonchev–Trinajstić information content (AvgIpc) is 2.78. The zero-order valence-corrected chi connectivity index (χ0v) is 12.9. The highest BCUT2D eigenvalue weighted by atomic mass is 35.5. The Morgan fingerprint density at radius 1 is 1.55 bits per heavy atom. The number of ether oxygens (including phenoxy) is 1. The monoisotopic (exact) mass is 313 g/mol. The second-order valence-corrected chi connectivity index (χ2v) is 6.37. The quantitative estimate of drug-likeness (QED) is 0.809. The van der Waals surface area contributed by atoms with E-state index in [0.29, 0.717) is 10.9 Å². The first kappa shape index (κ1) is 14.1. The summed E-state index contributed by atoms with van der Waals surface area (Å²) in [4.78, 5) is 9.00. The third kappa shape index (κ3) is 2.78. The van der Waals surface area contributed by atoms with E-state index in [-0.39, 0.29) is 5.38 Å². The zero-order valence-electron chi connectivity index (χ0n) is 11.4. The molecule has 0 aliphatic carbocycles. The summed E-state index contributed by atoms with van der Waals surface area (Å²) in [6, 6.07) is 1.83. The summed E-state index contributed by atoms with van der Waals surface area (Å²) < 4.78 is 7.67. The van der Waals surface area contributed by atoms with E-state index in [0.717, 1.165) is 43.2 Å². The number of imidazole rings is 1. The molecule has 0 saturated carbocycles. The molecule has 2 aromatic heterocycles. The van der Waals surface area contributed by atoms with E-state index in [1.54, 1.807) is 6.20 Å². The van der Waals surface area contributed by atoms with Crippen molar-refractivity contribution in [2.75, 3.05) is 13.2 Å². The van der Waals surface area contributed by atoms with Gasteiger partial charge >= 0.3 is 0 Å². The molecule has 1 fully saturated rings. The third-order valence-electron chi connectivity index (χ3n) is 3.63. The summed E-state index contributed by atoms with van der Waals surface area (Å²) in [6.45, 7) is 4.44. The largest absolute Gasteiger partial charge is 0.381 e. The van der Waals surface area contributed by atoms with Crippen molar-refractivity contribution in [3.8, 4) is 0 Å². The fourth-order valence-corrected chi connectivity index (χ4v) is 3.02. The lowest BCUT2D eigenvalue weighted by Crippen LogP contribution is -2.23. The van der Waals surface area contributed by atoms with Crippen LogP contribution in [-0.2, 0) is 11.3 Å². The Morgan fingerprint density at radius 3 is 3.10 bits per heavy atom. The molecule has 2 aromatic rings. The minimum atomic E-state index is -0.160. The molecule has 1 aliphatic rings. The van der Waals surface area contributed by atoms with Gasteiger partial charge < -0.3 is 9.30 Å². The van der Waals surface area contributed by atoms with Crippen molar-refractivity contribution < 1.29 is 4.74 Å². The Bertz CT molecular complexity index is 606. The lowest BCUT2D eigenvalue weighted by molar-refractivity contribution is 0.0484. The van der Waals surface area contributed by atoms with Crippen molar-refractivity contribution in [2.24, 2.45) is 5.92 Å². The number of rotatable bonds is 3. The van der Waals surface area contributed by atoms with Crippen molar-refractivity contribution >= 4 is 34.4 Å². The molecular formula is C14H17Cl2N3O. The maximum atomic E-state index is 6.26. The molecule has 1 saturated heterocycles. The molecule has 108 valence electrons. The molecule has 20 heavy (non-hydrogen) atoms. The van der Waals surface area contributed by atoms with E-state index in [2.05, 4.69) is 14.5 Å². The van der Waals surface area contributed by atoms with Crippen molar-refractivity contribution in [2.45, 2.75) is 31.7 Å². The molecular weight excluding hydrogens is 297 g/mol. The molecule has 2 unspecified atom stereocenters. The van der Waals surface area contributed by atoms with E-state index in [4.69, 9.17) is 27.9 Å². The lowest BCUT2D eigenvalue weighted by Gasteiger charge is -2.23. The Hall–Kier alpha value is -0.840. The van der Waals surface area contributed by atoms with Crippen LogP contribution >= 0.6 is 23.2 Å². The predicted molar refractivity (Wildman–Crippen MR) is 80.3 cm³/mol. The van der Waals surface area contributed by atoms with Gasteiger partial charge in [0.15, 0.2) is 5.65 Å². The average molecular weight is 314 g/mol. The number of halogens is 2. The van der Waals surface area contributed by atoms with Gasteiger partial charge in [-0.05, 0) is 25.8 Å². The maximum Gasteiger partial charge on any atom is 0.160 e. The molecule has 3 rings (SSSR count). The Morgan fingerprint density at radius 2 is 2.40 bits per heavy atom. The fraction of sp³-hybridized carbons (Fsp3) is 0.571. The summed E-state index contributed by atoms with van der Waals surface area (Å²) in [7, 11) is 0. The minimum Gasteiger partial charge on any atom is -0.381 e. The number of fused-ring (bicyclic) bond motifs is 1. The molecule has 4 nitrogen and oxygen atoms in total. The van der Waals surface area contributed by atoms with Gasteiger partial charge in [-0.25, -0.2) is 9.97 Å². The highest BCUT2D eigenvalue weighted by Gasteiger charge is 2.21. The van der Waals surface area contributed by atoms with Crippen molar-refractivity contribution in [3.05, 3.63) is 23.1 Å². The molecule has 2 atom stereocenters. The van der Waals surface area contributed by atoms with Crippen LogP contribution in [-0.4, -0.2) is 27.7 Å². The number of pyridine rings is 1. The summed E-state index contributed by atoms with van der Waals surface area (Å²) in [5, 5.41) is 0.435. The highest BCUT2D eigenvalue weighted by molar-refractivity contribution is 6.31. The van der Waals surface area contributed by atoms with Crippen LogP contribution in [0.4, 0.5) is 0 Å². The van der Waals surface area contributed by atoms with Gasteiger partial charge in [0.1, 0.15) is 11.3 Å². The predicted octanol–water partition coefficient (Wildman–Crippen LogP) is 3.81. The molecule has 0 spiro atoms. The van der Waals surface area contributed by atoms with Crippen LogP contribution in [0.15, 0.2) is 12.3 Å². The van der Waals surface area contributed by atoms with Crippen LogP contribution in [0.3, 0.4) is 0 Å². The smallest absolute Gasteiger partial charge is 0.160 e. The van der Waals surface area contributed by atoms with E-state index >= 15 is 0 Å². The van der Waals surface area contributed by atoms with E-state index in [1.807, 2.05) is 13.0 Å². The van der Waals surface area contributed by atoms with E-state index in [9.17, 15) is 0 Å². The SMILES string of the molecule is CC(Cl)c1nc2cc(Cl)cnc2n1CC1CCCOC1. The Kier molecular flexibility index (Phi) is 4.15. The van der Waals surface area contributed by atoms with Gasteiger partial charge in [-0.15, -0.1) is 11.6 Å². The first-order valence-corrected chi connectivity index (χ1v) is 7.70. The Labute approximate surface area is 128 Å². The van der Waals surface area contributed by atoms with Crippen LogP contribution in [0.25, 0.3) is 11.2 Å². The zero-order chi connectivity index (χ0) is 14.1. The van der Waals surface area contributed by atoms with Gasteiger partial charge in [-0.2, -0.15) is 0 Å². The standard InChI is InChI=1S/C14H17Cl2N3O/c1-9(15)13-18-12-5-11(16)6-17-14(12)19(13)7-10-3-2-4-20-8-10/h5-6,9-10H,2-4,7-8H2,1H3. The van der Waals surface area contributed by atoms with Crippen molar-refractivity contribution in [1.29, 1.82) is 0 Å². The lowest BCUT2D eigenvalue weighted by atomic mass is 10.0. The summed E-state index contributed by atoms with van der Waals surface area (Å²) >= 11 is 12.2. The normalized spacial score (nSPS) is 21.2. The van der Waals surface area contributed by atoms with Crippen molar-refractivity contribution in [1.82, 2.24) is 14.5 Å². The van der Waals surface area contributed by atoms with Crippen LogP contribution in [0.2, 0.25) is 5.02 Å². The van der Waals surface area contributed by atoms with Gasteiger partial charge in [0.05, 0.1) is 17.0 Å². The summed E-state index contributed by atoms with van der Waals surface area (Å²) in [5.41, 5.74) is 1.65. The maximum absolute atomic E-state index is 6.26. The first-order chi connectivity index (χ1) is 9.65. The molecule has 6 heteroatoms. The Balaban J connectivity index is 1.99. The second-order valence-electron chi connectivity index (χ2n) is 5.28. The summed E-state index contributed by atoms with van der Waals surface area (Å²) in [6.07, 6.45) is 3.94. The van der Waals surface area contributed by atoms with Crippen LogP contribution in [0.1, 0.15) is 31.0 Å². The topological polar surface area (TPSA) is 39.9 Å². The molecule has 0 radical (unpaired) electrons. The van der Waals surface area contributed by atoms with Gasteiger partial charge in [0.2, 0.25) is 0 Å². The van der Waals surface area contributed by atoms with E-state index in [1.165, 1.54) is 6.42 Å². The third-order valence-corrected chi connectivity index (χ3v) is 4.03. The second kappa shape index (κ2) is 5.88. The van der Waals surface area contributed by atoms with Crippen LogP contribution in [0, 0.1) is 5.92 Å². The van der Waals surface area contributed by atoms with Crippen molar-refractivity contribution in [3.63, 3.8) is 0 Å². The van der Waals surface area contributed by atoms with Crippen LogP contribution in [0.5, 0.6) is 0 Å². The molecule has 0 amide bonds. The fourth-order valence-electron chi connectivity index (χ4n) is 2.70. The minimum absolute atomic E-state index is 0.160. The number of hydrogen-bond donors (Lipinski definition) is 0.